The van der Waals surface area contributed by atoms with E-state index in [0.29, 0.717) is 38.6 Å². The number of benzene rings is 1. The SMILES string of the molecule is C=CN=C(N=C)N1CCN(C(=O)[C@@H](CCCc2ccc(OCC)cc2)CC(=O)OC(C)(C)O)[C@H](C)C1. The molecule has 2 rings (SSSR count). The first-order valence-electron chi connectivity index (χ1n) is 12.4. The van der Waals surface area contributed by atoms with Crippen LogP contribution in [0.4, 0.5) is 0 Å². The standard InChI is InChI=1S/C27H40N4O5/c1-7-29-26(28-6)30-16-17-31(20(3)19-30)25(33)22(18-24(32)36-27(4,5)34)11-9-10-21-12-14-23(15-13-21)35-8-2/h7,12-15,20,22,34H,1,6,8-11,16-19H2,2-5H3/t20-,22+/m1/s1. The van der Waals surface area contributed by atoms with E-state index in [-0.39, 0.29) is 18.4 Å². The number of ether oxygens (including phenoxy) is 2. The van der Waals surface area contributed by atoms with E-state index in [4.69, 9.17) is 9.47 Å². The summed E-state index contributed by atoms with van der Waals surface area (Å²) < 4.78 is 10.6. The number of hydrogen-bond acceptors (Lipinski definition) is 6. The first kappa shape index (κ1) is 29.0. The summed E-state index contributed by atoms with van der Waals surface area (Å²) in [6.07, 6.45) is 3.35. The van der Waals surface area contributed by atoms with Gasteiger partial charge in [0.2, 0.25) is 17.7 Å². The van der Waals surface area contributed by atoms with Crippen molar-refractivity contribution >= 4 is 24.6 Å². The van der Waals surface area contributed by atoms with Gasteiger partial charge in [-0.05, 0) is 57.5 Å². The molecule has 0 radical (unpaired) electrons. The molecule has 36 heavy (non-hydrogen) atoms. The summed E-state index contributed by atoms with van der Waals surface area (Å²) in [7, 11) is 0. The largest absolute Gasteiger partial charge is 0.494 e. The summed E-state index contributed by atoms with van der Waals surface area (Å²) >= 11 is 0. The Hall–Kier alpha value is -3.20. The predicted octanol–water partition coefficient (Wildman–Crippen LogP) is 3.42. The third-order valence-corrected chi connectivity index (χ3v) is 5.92. The van der Waals surface area contributed by atoms with Crippen molar-refractivity contribution in [2.45, 2.75) is 65.2 Å². The van der Waals surface area contributed by atoms with Crippen LogP contribution in [-0.2, 0) is 20.7 Å². The number of carbonyl (C=O) groups excluding carboxylic acids is 2. The van der Waals surface area contributed by atoms with Crippen LogP contribution < -0.4 is 4.74 Å². The van der Waals surface area contributed by atoms with E-state index in [1.165, 1.54) is 20.0 Å². The molecule has 0 bridgehead atoms. The molecule has 1 heterocycles. The second kappa shape index (κ2) is 13.8. The van der Waals surface area contributed by atoms with Gasteiger partial charge < -0.3 is 24.4 Å². The van der Waals surface area contributed by atoms with Crippen LogP contribution >= 0.6 is 0 Å². The van der Waals surface area contributed by atoms with Crippen molar-refractivity contribution in [1.82, 2.24) is 9.80 Å². The second-order valence-electron chi connectivity index (χ2n) is 9.39. The fourth-order valence-electron chi connectivity index (χ4n) is 4.31. The van der Waals surface area contributed by atoms with Crippen molar-refractivity contribution in [3.05, 3.63) is 42.6 Å². The molecule has 9 nitrogen and oxygen atoms in total. The molecule has 0 saturated carbocycles. The van der Waals surface area contributed by atoms with Crippen LogP contribution in [-0.4, -0.2) is 77.5 Å². The highest BCUT2D eigenvalue weighted by Gasteiger charge is 2.34. The number of aryl methyl sites for hydroxylation is 1. The van der Waals surface area contributed by atoms with E-state index in [1.54, 1.807) is 0 Å². The molecule has 1 aliphatic heterocycles. The highest BCUT2D eigenvalue weighted by Crippen LogP contribution is 2.23. The minimum atomic E-state index is -1.59. The zero-order valence-corrected chi connectivity index (χ0v) is 22.0. The third kappa shape index (κ3) is 9.11. The van der Waals surface area contributed by atoms with E-state index in [2.05, 4.69) is 23.3 Å². The van der Waals surface area contributed by atoms with Gasteiger partial charge in [-0.1, -0.05) is 18.7 Å². The maximum absolute atomic E-state index is 13.6. The molecule has 0 aliphatic carbocycles. The van der Waals surface area contributed by atoms with Gasteiger partial charge in [-0.3, -0.25) is 9.59 Å². The smallest absolute Gasteiger partial charge is 0.309 e. The molecule has 0 spiro atoms. The van der Waals surface area contributed by atoms with Gasteiger partial charge in [-0.15, -0.1) is 0 Å². The molecule has 0 unspecified atom stereocenters. The lowest BCUT2D eigenvalue weighted by atomic mass is 9.94. The Morgan fingerprint density at radius 3 is 2.53 bits per heavy atom. The number of aliphatic hydroxyl groups is 1. The van der Waals surface area contributed by atoms with Crippen LogP contribution in [0, 0.1) is 5.92 Å². The molecule has 1 N–H and O–H groups in total. The van der Waals surface area contributed by atoms with Crippen LogP contribution in [0.1, 0.15) is 52.5 Å². The number of hydrogen-bond donors (Lipinski definition) is 1. The molecule has 1 saturated heterocycles. The van der Waals surface area contributed by atoms with E-state index >= 15 is 0 Å². The maximum atomic E-state index is 13.6. The topological polar surface area (TPSA) is 104 Å². The Kier molecular flexibility index (Phi) is 11.1. The van der Waals surface area contributed by atoms with Gasteiger partial charge in [0.25, 0.3) is 0 Å². The van der Waals surface area contributed by atoms with Crippen molar-refractivity contribution in [1.29, 1.82) is 0 Å². The van der Waals surface area contributed by atoms with Gasteiger partial charge >= 0.3 is 5.97 Å². The normalized spacial score (nSPS) is 17.4. The maximum Gasteiger partial charge on any atom is 0.309 e. The van der Waals surface area contributed by atoms with Crippen molar-refractivity contribution < 1.29 is 24.2 Å². The fraction of sp³-hybridized carbons (Fsp3) is 0.556. The van der Waals surface area contributed by atoms with Crippen molar-refractivity contribution in [2.75, 3.05) is 26.2 Å². The lowest BCUT2D eigenvalue weighted by molar-refractivity contribution is -0.196. The number of rotatable bonds is 11. The van der Waals surface area contributed by atoms with Gasteiger partial charge in [-0.2, -0.15) is 0 Å². The zero-order valence-electron chi connectivity index (χ0n) is 22.0. The van der Waals surface area contributed by atoms with Crippen molar-refractivity contribution in [3.8, 4) is 5.75 Å². The van der Waals surface area contributed by atoms with Gasteiger partial charge in [-0.25, -0.2) is 9.98 Å². The van der Waals surface area contributed by atoms with Gasteiger partial charge in [0, 0.05) is 51.6 Å². The van der Waals surface area contributed by atoms with E-state index in [1.807, 2.05) is 47.9 Å². The highest BCUT2D eigenvalue weighted by molar-refractivity contribution is 5.86. The minimum Gasteiger partial charge on any atom is -0.494 e. The first-order chi connectivity index (χ1) is 17.1. The number of aliphatic imine (C=N–C) groups is 2. The van der Waals surface area contributed by atoms with Crippen LogP contribution in [0.2, 0.25) is 0 Å². The molecule has 2 atom stereocenters. The summed E-state index contributed by atoms with van der Waals surface area (Å²) in [5.74, 6) is -1.52. The van der Waals surface area contributed by atoms with Gasteiger partial charge in [0.1, 0.15) is 5.75 Å². The molecule has 1 amide bonds. The minimum absolute atomic E-state index is 0.0869. The Morgan fingerprint density at radius 2 is 1.97 bits per heavy atom. The zero-order chi connectivity index (χ0) is 26.7. The van der Waals surface area contributed by atoms with Crippen LogP contribution in [0.15, 0.2) is 47.0 Å². The van der Waals surface area contributed by atoms with Gasteiger partial charge in [0.05, 0.1) is 13.0 Å². The predicted molar refractivity (Wildman–Crippen MR) is 141 cm³/mol. The highest BCUT2D eigenvalue weighted by atomic mass is 16.7. The molecule has 1 fully saturated rings. The fourth-order valence-corrected chi connectivity index (χ4v) is 4.31. The monoisotopic (exact) mass is 500 g/mol. The molecule has 0 aromatic heterocycles. The quantitative estimate of drug-likeness (QED) is 0.216. The van der Waals surface area contributed by atoms with Gasteiger partial charge in [0.15, 0.2) is 0 Å². The summed E-state index contributed by atoms with van der Waals surface area (Å²) in [6, 6.07) is 7.79. The van der Waals surface area contributed by atoms with Crippen LogP contribution in [0.5, 0.6) is 5.75 Å². The van der Waals surface area contributed by atoms with E-state index < -0.39 is 17.7 Å². The Morgan fingerprint density at radius 1 is 1.28 bits per heavy atom. The summed E-state index contributed by atoms with van der Waals surface area (Å²) in [6.45, 7) is 16.1. The Labute approximate surface area is 214 Å². The van der Waals surface area contributed by atoms with E-state index in [9.17, 15) is 14.7 Å². The number of nitrogens with zero attached hydrogens (tertiary/aromatic N) is 4. The molecule has 1 aliphatic rings. The number of carbonyl (C=O) groups is 2. The lowest BCUT2D eigenvalue weighted by Gasteiger charge is -2.41. The first-order valence-corrected chi connectivity index (χ1v) is 12.4. The van der Waals surface area contributed by atoms with Crippen molar-refractivity contribution in [2.24, 2.45) is 15.9 Å². The Bertz CT molecular complexity index is 923. The average Bonchev–Trinajstić information content (AvgIpc) is 2.81. The molecule has 9 heteroatoms. The van der Waals surface area contributed by atoms with Crippen LogP contribution in [0.3, 0.4) is 0 Å². The number of esters is 1. The lowest BCUT2D eigenvalue weighted by Crippen LogP contribution is -2.56. The second-order valence-corrected chi connectivity index (χ2v) is 9.39. The van der Waals surface area contributed by atoms with E-state index in [0.717, 1.165) is 24.2 Å². The summed E-state index contributed by atoms with van der Waals surface area (Å²) in [4.78, 5) is 38.0. The third-order valence-electron chi connectivity index (χ3n) is 5.92. The van der Waals surface area contributed by atoms with Crippen molar-refractivity contribution in [3.63, 3.8) is 0 Å². The number of amides is 1. The average molecular weight is 501 g/mol. The number of piperazine rings is 1. The molecule has 1 aromatic rings. The summed E-state index contributed by atoms with van der Waals surface area (Å²) in [5, 5.41) is 9.88. The summed E-state index contributed by atoms with van der Waals surface area (Å²) in [5.41, 5.74) is 1.14. The number of guanidine groups is 1. The molecule has 198 valence electrons. The van der Waals surface area contributed by atoms with Crippen LogP contribution in [0.25, 0.3) is 0 Å². The Balaban J connectivity index is 2.07. The molecular formula is C27H40N4O5. The molecular weight excluding hydrogens is 460 g/mol. The molecule has 1 aromatic carbocycles.